The molecule has 1 heterocycles. The number of nitrogens with two attached hydrogens (primary N) is 1. The van der Waals surface area contributed by atoms with Crippen LogP contribution in [0.2, 0.25) is 0 Å². The van der Waals surface area contributed by atoms with Gasteiger partial charge in [0.1, 0.15) is 0 Å². The molecule has 1 aromatic carbocycles. The van der Waals surface area contributed by atoms with E-state index in [0.717, 1.165) is 31.8 Å². The summed E-state index contributed by atoms with van der Waals surface area (Å²) in [5.41, 5.74) is 7.22. The third-order valence-electron chi connectivity index (χ3n) is 3.11. The van der Waals surface area contributed by atoms with Crippen molar-refractivity contribution in [2.45, 2.75) is 19.4 Å². The van der Waals surface area contributed by atoms with Crippen LogP contribution in [0, 0.1) is 0 Å². The summed E-state index contributed by atoms with van der Waals surface area (Å²) in [7, 11) is 0. The average Bonchev–Trinajstić information content (AvgIpc) is 2.53. The molecule has 3 N–H and O–H groups in total. The number of rotatable bonds is 2. The molecule has 0 bridgehead atoms. The number of carboxylic acids is 1. The first-order chi connectivity index (χ1) is 8.59. The molecule has 0 amide bonds. The van der Waals surface area contributed by atoms with E-state index in [2.05, 4.69) is 4.90 Å². The number of hydrogen-bond acceptors (Lipinski definition) is 4. The number of nitrogens with zero attached hydrogens (tertiary/aromatic N) is 1. The van der Waals surface area contributed by atoms with Crippen LogP contribution in [0.3, 0.4) is 0 Å². The second kappa shape index (κ2) is 5.27. The Labute approximate surface area is 106 Å². The van der Waals surface area contributed by atoms with Crippen molar-refractivity contribution in [3.05, 3.63) is 23.8 Å². The van der Waals surface area contributed by atoms with Gasteiger partial charge >= 0.3 is 5.97 Å². The largest absolute Gasteiger partial charge is 0.478 e. The van der Waals surface area contributed by atoms with Crippen molar-refractivity contribution in [3.8, 4) is 0 Å². The van der Waals surface area contributed by atoms with Gasteiger partial charge in [-0.2, -0.15) is 0 Å². The van der Waals surface area contributed by atoms with Crippen molar-refractivity contribution in [2.75, 3.05) is 30.3 Å². The minimum absolute atomic E-state index is 0.125. The third-order valence-corrected chi connectivity index (χ3v) is 3.11. The smallest absolute Gasteiger partial charge is 0.337 e. The van der Waals surface area contributed by atoms with Crippen LogP contribution in [-0.4, -0.2) is 36.9 Å². The zero-order valence-corrected chi connectivity index (χ0v) is 10.4. The van der Waals surface area contributed by atoms with Gasteiger partial charge in [0, 0.05) is 19.7 Å². The molecular weight excluding hydrogens is 232 g/mol. The molecule has 5 nitrogen and oxygen atoms in total. The maximum absolute atomic E-state index is 11.1. The Bertz CT molecular complexity index is 448. The van der Waals surface area contributed by atoms with Crippen molar-refractivity contribution in [2.24, 2.45) is 0 Å². The van der Waals surface area contributed by atoms with E-state index < -0.39 is 5.97 Å². The number of benzene rings is 1. The molecule has 0 saturated carbocycles. The van der Waals surface area contributed by atoms with E-state index in [1.807, 2.05) is 13.0 Å². The first-order valence-electron chi connectivity index (χ1n) is 6.08. The van der Waals surface area contributed by atoms with Gasteiger partial charge in [0.15, 0.2) is 0 Å². The van der Waals surface area contributed by atoms with E-state index in [0.29, 0.717) is 5.69 Å². The Morgan fingerprint density at radius 2 is 2.33 bits per heavy atom. The van der Waals surface area contributed by atoms with Gasteiger partial charge < -0.3 is 20.5 Å². The van der Waals surface area contributed by atoms with Gasteiger partial charge in [0.2, 0.25) is 0 Å². The number of nitrogen functional groups attached to an aromatic ring is 1. The van der Waals surface area contributed by atoms with Crippen LogP contribution in [0.4, 0.5) is 11.4 Å². The predicted molar refractivity (Wildman–Crippen MR) is 70.1 cm³/mol. The second-order valence-electron chi connectivity index (χ2n) is 4.52. The molecule has 1 unspecified atom stereocenters. The average molecular weight is 250 g/mol. The predicted octanol–water partition coefficient (Wildman–Crippen LogP) is 1.58. The van der Waals surface area contributed by atoms with Crippen LogP contribution in [0.25, 0.3) is 0 Å². The Hall–Kier alpha value is -1.75. The fourth-order valence-corrected chi connectivity index (χ4v) is 2.23. The maximum Gasteiger partial charge on any atom is 0.337 e. The molecule has 5 heteroatoms. The summed E-state index contributed by atoms with van der Waals surface area (Å²) in [6.45, 7) is 4.30. The fraction of sp³-hybridized carbons (Fsp3) is 0.462. The number of anilines is 2. The van der Waals surface area contributed by atoms with Crippen molar-refractivity contribution in [3.63, 3.8) is 0 Å². The number of carbonyl (C=O) groups is 1. The van der Waals surface area contributed by atoms with Crippen LogP contribution in [0.15, 0.2) is 18.2 Å². The standard InChI is InChI=1S/C13H18N2O3/c1-9-8-15(6-3-7-18-9)11-5-2-4-10(12(11)14)13(16)17/h2,4-5,9H,3,6-8,14H2,1H3,(H,16,17). The number of para-hydroxylation sites is 1. The molecule has 1 aromatic rings. The number of carboxylic acid groups (broad SMARTS) is 1. The summed E-state index contributed by atoms with van der Waals surface area (Å²) in [6, 6.07) is 5.12. The molecule has 98 valence electrons. The van der Waals surface area contributed by atoms with Crippen LogP contribution in [0.1, 0.15) is 23.7 Å². The SMILES string of the molecule is CC1CN(c2cccc(C(=O)O)c2N)CCCO1. The lowest BCUT2D eigenvalue weighted by Crippen LogP contribution is -2.31. The van der Waals surface area contributed by atoms with Gasteiger partial charge in [0.25, 0.3) is 0 Å². The highest BCUT2D eigenvalue weighted by molar-refractivity contribution is 5.97. The monoisotopic (exact) mass is 250 g/mol. The summed E-state index contributed by atoms with van der Waals surface area (Å²) in [6.07, 6.45) is 1.04. The van der Waals surface area contributed by atoms with E-state index in [4.69, 9.17) is 15.6 Å². The number of hydrogen-bond donors (Lipinski definition) is 2. The topological polar surface area (TPSA) is 75.8 Å². The summed E-state index contributed by atoms with van der Waals surface area (Å²) < 4.78 is 5.57. The molecule has 2 rings (SSSR count). The molecule has 1 atom stereocenters. The van der Waals surface area contributed by atoms with Gasteiger partial charge in [-0.15, -0.1) is 0 Å². The van der Waals surface area contributed by atoms with Crippen molar-refractivity contribution >= 4 is 17.3 Å². The van der Waals surface area contributed by atoms with E-state index >= 15 is 0 Å². The van der Waals surface area contributed by atoms with Crippen molar-refractivity contribution in [1.82, 2.24) is 0 Å². The van der Waals surface area contributed by atoms with E-state index in [9.17, 15) is 4.79 Å². The molecule has 0 aromatic heterocycles. The van der Waals surface area contributed by atoms with Crippen LogP contribution < -0.4 is 10.6 Å². The van der Waals surface area contributed by atoms with Gasteiger partial charge in [-0.05, 0) is 25.5 Å². The Balaban J connectivity index is 2.32. The summed E-state index contributed by atoms with van der Waals surface area (Å²) in [5, 5.41) is 9.07. The Morgan fingerprint density at radius 3 is 3.06 bits per heavy atom. The molecule has 0 radical (unpaired) electrons. The number of aromatic carboxylic acids is 1. The molecule has 18 heavy (non-hydrogen) atoms. The first-order valence-corrected chi connectivity index (χ1v) is 6.08. The van der Waals surface area contributed by atoms with Crippen LogP contribution in [0.5, 0.6) is 0 Å². The zero-order valence-electron chi connectivity index (χ0n) is 10.4. The van der Waals surface area contributed by atoms with E-state index in [1.165, 1.54) is 6.07 Å². The minimum atomic E-state index is -0.992. The van der Waals surface area contributed by atoms with E-state index in [1.54, 1.807) is 6.07 Å². The third kappa shape index (κ3) is 2.56. The Morgan fingerprint density at radius 1 is 1.56 bits per heavy atom. The molecule has 0 spiro atoms. The fourth-order valence-electron chi connectivity index (χ4n) is 2.23. The highest BCUT2D eigenvalue weighted by atomic mass is 16.5. The lowest BCUT2D eigenvalue weighted by atomic mass is 10.1. The molecule has 1 aliphatic rings. The lowest BCUT2D eigenvalue weighted by molar-refractivity contribution is 0.0698. The maximum atomic E-state index is 11.1. The normalized spacial score (nSPS) is 20.5. The number of ether oxygens (including phenoxy) is 1. The Kier molecular flexibility index (Phi) is 3.72. The van der Waals surface area contributed by atoms with Crippen LogP contribution in [-0.2, 0) is 4.74 Å². The molecule has 1 fully saturated rings. The van der Waals surface area contributed by atoms with Gasteiger partial charge in [-0.1, -0.05) is 6.07 Å². The lowest BCUT2D eigenvalue weighted by Gasteiger charge is -2.26. The molecule has 0 aliphatic carbocycles. The van der Waals surface area contributed by atoms with Gasteiger partial charge in [-0.3, -0.25) is 0 Å². The van der Waals surface area contributed by atoms with Crippen LogP contribution >= 0.6 is 0 Å². The zero-order chi connectivity index (χ0) is 13.1. The highest BCUT2D eigenvalue weighted by Crippen LogP contribution is 2.28. The summed E-state index contributed by atoms with van der Waals surface area (Å²) in [4.78, 5) is 13.2. The quantitative estimate of drug-likeness (QED) is 0.779. The molecule has 1 saturated heterocycles. The van der Waals surface area contributed by atoms with E-state index in [-0.39, 0.29) is 11.7 Å². The summed E-state index contributed by atoms with van der Waals surface area (Å²) >= 11 is 0. The van der Waals surface area contributed by atoms with Gasteiger partial charge in [-0.25, -0.2) is 4.79 Å². The highest BCUT2D eigenvalue weighted by Gasteiger charge is 2.19. The molecule has 1 aliphatic heterocycles. The minimum Gasteiger partial charge on any atom is -0.478 e. The van der Waals surface area contributed by atoms with Gasteiger partial charge in [0.05, 0.1) is 23.0 Å². The molecular formula is C13H18N2O3. The summed E-state index contributed by atoms with van der Waals surface area (Å²) in [5.74, 6) is -0.992. The van der Waals surface area contributed by atoms with Crippen molar-refractivity contribution in [1.29, 1.82) is 0 Å². The van der Waals surface area contributed by atoms with Crippen molar-refractivity contribution < 1.29 is 14.6 Å². The first kappa shape index (κ1) is 12.7. The second-order valence-corrected chi connectivity index (χ2v) is 4.52.